The molecule has 2 heterocycles. The lowest BCUT2D eigenvalue weighted by molar-refractivity contribution is -0.132. The second kappa shape index (κ2) is 9.14. The molecule has 7 nitrogen and oxygen atoms in total. The first-order valence-electron chi connectivity index (χ1n) is 12.4. The summed E-state index contributed by atoms with van der Waals surface area (Å²) in [6.07, 6.45) is 7.20. The number of fused-ring (bicyclic) bond motifs is 2. The predicted molar refractivity (Wildman–Crippen MR) is 133 cm³/mol. The number of aromatic nitrogens is 3. The highest BCUT2D eigenvalue weighted by molar-refractivity contribution is 5.93. The van der Waals surface area contributed by atoms with E-state index in [0.717, 1.165) is 35.7 Å². The summed E-state index contributed by atoms with van der Waals surface area (Å²) in [7, 11) is 0. The van der Waals surface area contributed by atoms with Gasteiger partial charge in [-0.2, -0.15) is 0 Å². The second-order valence-electron chi connectivity index (χ2n) is 10.1. The van der Waals surface area contributed by atoms with Gasteiger partial charge in [0, 0.05) is 42.2 Å². The predicted octanol–water partition coefficient (Wildman–Crippen LogP) is 5.39. The van der Waals surface area contributed by atoms with Crippen molar-refractivity contribution in [1.29, 1.82) is 0 Å². The van der Waals surface area contributed by atoms with Crippen molar-refractivity contribution in [3.63, 3.8) is 0 Å². The molecular formula is C28H26F2N4O3. The van der Waals surface area contributed by atoms with Crippen LogP contribution in [0.15, 0.2) is 61.2 Å². The van der Waals surface area contributed by atoms with E-state index in [-0.39, 0.29) is 24.6 Å². The fourth-order valence-corrected chi connectivity index (χ4v) is 6.13. The molecule has 0 aliphatic heterocycles. The zero-order valence-corrected chi connectivity index (χ0v) is 20.2. The van der Waals surface area contributed by atoms with Gasteiger partial charge in [0.15, 0.2) is 18.4 Å². The highest BCUT2D eigenvalue weighted by atomic mass is 19.2. The van der Waals surface area contributed by atoms with Crippen molar-refractivity contribution in [2.75, 3.05) is 5.32 Å². The molecule has 5 atom stereocenters. The standard InChI is InChI=1S/C28H26F2N4O3/c1-16(28(36)32-19-4-2-17(3-5-19)18-6-7-33(12-18)14-37-15-35)27-21-8-20(9-22(21)27)34-13-31-25-10-23(29)24(30)11-26(25)34/h2-7,10-13,15-16,20-22,27H,8-9,14H2,1H3,(H,32,36)/t16-,20?,21-,22+,27?/m0/s1. The Hall–Kier alpha value is -4.01. The number of nitrogens with one attached hydrogen (secondary N) is 1. The number of hydrogen-bond acceptors (Lipinski definition) is 4. The van der Waals surface area contributed by atoms with E-state index in [2.05, 4.69) is 10.3 Å². The summed E-state index contributed by atoms with van der Waals surface area (Å²) in [4.78, 5) is 27.6. The van der Waals surface area contributed by atoms with Crippen molar-refractivity contribution >= 4 is 29.1 Å². The number of benzene rings is 2. The fraction of sp³-hybridized carbons (Fsp3) is 0.321. The number of hydrogen-bond donors (Lipinski definition) is 1. The Morgan fingerprint density at radius 3 is 2.59 bits per heavy atom. The summed E-state index contributed by atoms with van der Waals surface area (Å²) in [6, 6.07) is 12.1. The van der Waals surface area contributed by atoms with E-state index in [4.69, 9.17) is 4.74 Å². The molecule has 2 fully saturated rings. The summed E-state index contributed by atoms with van der Waals surface area (Å²) in [5, 5.41) is 3.04. The summed E-state index contributed by atoms with van der Waals surface area (Å²) in [6.45, 7) is 2.56. The molecule has 1 amide bonds. The average Bonchev–Trinajstić information content (AvgIpc) is 3.32. The molecule has 190 valence electrons. The number of rotatable bonds is 8. The van der Waals surface area contributed by atoms with Crippen molar-refractivity contribution < 1.29 is 23.1 Å². The molecule has 4 aromatic rings. The first-order chi connectivity index (χ1) is 17.9. The van der Waals surface area contributed by atoms with E-state index in [1.807, 2.05) is 54.2 Å². The maximum atomic E-state index is 13.8. The van der Waals surface area contributed by atoms with Crippen LogP contribution in [0, 0.1) is 35.3 Å². The second-order valence-corrected chi connectivity index (χ2v) is 10.1. The Bertz CT molecular complexity index is 1470. The molecule has 37 heavy (non-hydrogen) atoms. The number of carbonyl (C=O) groups excluding carboxylic acids is 2. The Balaban J connectivity index is 1.05. The molecule has 2 saturated carbocycles. The lowest BCUT2D eigenvalue weighted by Crippen LogP contribution is -2.24. The van der Waals surface area contributed by atoms with Gasteiger partial charge in [0.1, 0.15) is 0 Å². The van der Waals surface area contributed by atoms with Crippen LogP contribution in [0.3, 0.4) is 0 Å². The monoisotopic (exact) mass is 504 g/mol. The quantitative estimate of drug-likeness (QED) is 0.327. The highest BCUT2D eigenvalue weighted by Gasteiger charge is 2.59. The SMILES string of the molecule is C[C@H](C(=O)Nc1ccc(-c2ccn(COC=O)c2)cc1)C1[C@H]2CC(n3cnc4cc(F)c(F)cc43)C[C@@H]12. The van der Waals surface area contributed by atoms with Crippen LogP contribution in [0.4, 0.5) is 14.5 Å². The number of ether oxygens (including phenoxy) is 1. The third kappa shape index (κ3) is 4.28. The lowest BCUT2D eigenvalue weighted by Gasteiger charge is -2.20. The third-order valence-electron chi connectivity index (χ3n) is 8.02. The van der Waals surface area contributed by atoms with Gasteiger partial charge in [-0.15, -0.1) is 0 Å². The molecule has 0 radical (unpaired) electrons. The lowest BCUT2D eigenvalue weighted by atomic mass is 9.96. The summed E-state index contributed by atoms with van der Waals surface area (Å²) >= 11 is 0. The third-order valence-corrected chi connectivity index (χ3v) is 8.02. The molecule has 2 unspecified atom stereocenters. The zero-order valence-electron chi connectivity index (χ0n) is 20.2. The van der Waals surface area contributed by atoms with Crippen molar-refractivity contribution in [1.82, 2.24) is 14.1 Å². The maximum absolute atomic E-state index is 13.8. The normalized spacial score (nSPS) is 23.0. The molecular weight excluding hydrogens is 478 g/mol. The van der Waals surface area contributed by atoms with Gasteiger partial charge in [-0.05, 0) is 59.9 Å². The number of carbonyl (C=O) groups is 2. The van der Waals surface area contributed by atoms with Gasteiger partial charge in [0.05, 0.1) is 17.4 Å². The topological polar surface area (TPSA) is 78.2 Å². The molecule has 9 heteroatoms. The minimum absolute atomic E-state index is 0.00601. The molecule has 0 saturated heterocycles. The molecule has 6 rings (SSSR count). The van der Waals surface area contributed by atoms with Crippen LogP contribution >= 0.6 is 0 Å². The van der Waals surface area contributed by atoms with Crippen molar-refractivity contribution in [2.24, 2.45) is 23.7 Å². The molecule has 0 spiro atoms. The number of nitrogens with zero attached hydrogens (tertiary/aromatic N) is 3. The smallest absolute Gasteiger partial charge is 0.294 e. The van der Waals surface area contributed by atoms with Crippen molar-refractivity contribution in [3.05, 3.63) is 72.8 Å². The van der Waals surface area contributed by atoms with Crippen LogP contribution in [0.1, 0.15) is 25.8 Å². The van der Waals surface area contributed by atoms with Crippen LogP contribution in [-0.4, -0.2) is 26.5 Å². The molecule has 0 bridgehead atoms. The van der Waals surface area contributed by atoms with Gasteiger partial charge >= 0.3 is 0 Å². The van der Waals surface area contributed by atoms with Gasteiger partial charge in [-0.25, -0.2) is 13.8 Å². The number of amides is 1. The summed E-state index contributed by atoms with van der Waals surface area (Å²) < 4.78 is 35.8. The van der Waals surface area contributed by atoms with E-state index in [1.54, 1.807) is 10.9 Å². The summed E-state index contributed by atoms with van der Waals surface area (Å²) in [5.74, 6) is -0.642. The maximum Gasteiger partial charge on any atom is 0.294 e. The van der Waals surface area contributed by atoms with Crippen molar-refractivity contribution in [2.45, 2.75) is 32.5 Å². The fourth-order valence-electron chi connectivity index (χ4n) is 6.13. The molecule has 2 aliphatic carbocycles. The molecule has 2 aromatic carbocycles. The minimum Gasteiger partial charge on any atom is -0.446 e. The van der Waals surface area contributed by atoms with E-state index < -0.39 is 11.6 Å². The Labute approximate surface area is 212 Å². The number of anilines is 1. The Kier molecular flexibility index (Phi) is 5.78. The van der Waals surface area contributed by atoms with E-state index in [0.29, 0.717) is 35.3 Å². The van der Waals surface area contributed by atoms with E-state index in [9.17, 15) is 18.4 Å². The van der Waals surface area contributed by atoms with Gasteiger partial charge < -0.3 is 19.2 Å². The first kappa shape index (κ1) is 23.4. The van der Waals surface area contributed by atoms with Crippen LogP contribution in [-0.2, 0) is 21.1 Å². The highest BCUT2D eigenvalue weighted by Crippen LogP contribution is 2.64. The minimum atomic E-state index is -0.887. The average molecular weight is 505 g/mol. The van der Waals surface area contributed by atoms with Crippen LogP contribution in [0.2, 0.25) is 0 Å². The zero-order chi connectivity index (χ0) is 25.7. The van der Waals surface area contributed by atoms with Gasteiger partial charge in [0.2, 0.25) is 5.91 Å². The van der Waals surface area contributed by atoms with E-state index in [1.165, 1.54) is 6.07 Å². The van der Waals surface area contributed by atoms with Gasteiger partial charge in [0.25, 0.3) is 6.47 Å². The van der Waals surface area contributed by atoms with E-state index >= 15 is 0 Å². The number of halogens is 2. The van der Waals surface area contributed by atoms with Gasteiger partial charge in [-0.1, -0.05) is 19.1 Å². The van der Waals surface area contributed by atoms with Gasteiger partial charge in [-0.3, -0.25) is 9.59 Å². The van der Waals surface area contributed by atoms with Crippen molar-refractivity contribution in [3.8, 4) is 11.1 Å². The molecule has 2 aliphatic rings. The Morgan fingerprint density at radius 2 is 1.86 bits per heavy atom. The van der Waals surface area contributed by atoms with Crippen LogP contribution < -0.4 is 5.32 Å². The first-order valence-corrected chi connectivity index (χ1v) is 12.4. The number of imidazole rings is 1. The van der Waals surface area contributed by atoms with Crippen LogP contribution in [0.5, 0.6) is 0 Å². The summed E-state index contributed by atoms with van der Waals surface area (Å²) in [5.41, 5.74) is 3.79. The molecule has 1 N–H and O–H groups in total. The molecule has 2 aromatic heterocycles. The van der Waals surface area contributed by atoms with Crippen LogP contribution in [0.25, 0.3) is 22.2 Å². The largest absolute Gasteiger partial charge is 0.446 e. The Morgan fingerprint density at radius 1 is 1.14 bits per heavy atom.